The van der Waals surface area contributed by atoms with Crippen molar-refractivity contribution in [3.05, 3.63) is 59.7 Å². The predicted octanol–water partition coefficient (Wildman–Crippen LogP) is 3.09. The van der Waals surface area contributed by atoms with Gasteiger partial charge in [0.25, 0.3) is 0 Å². The topological polar surface area (TPSA) is 50.4 Å². The largest absolute Gasteiger partial charge is 0.496 e. The summed E-state index contributed by atoms with van der Waals surface area (Å²) in [5.74, 6) is -0.785. The molecular formula is C17H18F2N2O2. The molecule has 2 rings (SSSR count). The quantitative estimate of drug-likeness (QED) is 0.824. The van der Waals surface area contributed by atoms with E-state index in [0.29, 0.717) is 12.3 Å². The highest BCUT2D eigenvalue weighted by atomic mass is 19.1. The van der Waals surface area contributed by atoms with Crippen LogP contribution in [0.5, 0.6) is 5.75 Å². The van der Waals surface area contributed by atoms with E-state index in [9.17, 15) is 13.6 Å². The molecule has 0 aliphatic carbocycles. The lowest BCUT2D eigenvalue weighted by Crippen LogP contribution is -2.25. The monoisotopic (exact) mass is 320 g/mol. The molecule has 2 aromatic rings. The first-order valence-electron chi connectivity index (χ1n) is 7.17. The standard InChI is InChI=1S/C17H18F2N2O2/c1-23-16-5-3-2-4-12(16)11-21-17(22)8-9-20-15-7-6-13(18)10-14(15)19/h2-7,10,20H,8-9,11H2,1H3,(H,21,22). The van der Waals surface area contributed by atoms with Gasteiger partial charge in [0.2, 0.25) is 5.91 Å². The van der Waals surface area contributed by atoms with Crippen molar-refractivity contribution in [1.82, 2.24) is 5.32 Å². The Labute approximate surface area is 133 Å². The molecule has 0 saturated carbocycles. The van der Waals surface area contributed by atoms with Crippen molar-refractivity contribution in [3.8, 4) is 5.75 Å². The highest BCUT2D eigenvalue weighted by molar-refractivity contribution is 5.76. The maximum Gasteiger partial charge on any atom is 0.222 e. The zero-order valence-corrected chi connectivity index (χ0v) is 12.7. The molecule has 0 aliphatic heterocycles. The molecule has 6 heteroatoms. The van der Waals surface area contributed by atoms with Crippen molar-refractivity contribution < 1.29 is 18.3 Å². The Kier molecular flexibility index (Phi) is 5.91. The summed E-state index contributed by atoms with van der Waals surface area (Å²) in [6, 6.07) is 10.7. The van der Waals surface area contributed by atoms with Crippen LogP contribution in [0.15, 0.2) is 42.5 Å². The van der Waals surface area contributed by atoms with E-state index >= 15 is 0 Å². The van der Waals surface area contributed by atoms with Crippen molar-refractivity contribution in [2.24, 2.45) is 0 Å². The van der Waals surface area contributed by atoms with E-state index in [2.05, 4.69) is 10.6 Å². The summed E-state index contributed by atoms with van der Waals surface area (Å²) in [5, 5.41) is 5.54. The van der Waals surface area contributed by atoms with Crippen molar-refractivity contribution in [1.29, 1.82) is 0 Å². The van der Waals surface area contributed by atoms with Crippen LogP contribution in [0.4, 0.5) is 14.5 Å². The molecule has 122 valence electrons. The van der Waals surface area contributed by atoms with Gasteiger partial charge >= 0.3 is 0 Å². The summed E-state index contributed by atoms with van der Waals surface area (Å²) in [6.07, 6.45) is 0.173. The van der Waals surface area contributed by atoms with Crippen LogP contribution < -0.4 is 15.4 Å². The molecule has 0 heterocycles. The second-order valence-corrected chi connectivity index (χ2v) is 4.89. The Hall–Kier alpha value is -2.63. The third kappa shape index (κ3) is 4.95. The van der Waals surface area contributed by atoms with E-state index in [4.69, 9.17) is 4.74 Å². The van der Waals surface area contributed by atoms with E-state index in [-0.39, 0.29) is 24.6 Å². The van der Waals surface area contributed by atoms with E-state index in [1.165, 1.54) is 6.07 Å². The fourth-order valence-electron chi connectivity index (χ4n) is 2.07. The van der Waals surface area contributed by atoms with Gasteiger partial charge in [0.15, 0.2) is 0 Å². The Morgan fingerprint density at radius 2 is 1.96 bits per heavy atom. The van der Waals surface area contributed by atoms with Gasteiger partial charge in [0.05, 0.1) is 12.8 Å². The number of methoxy groups -OCH3 is 1. The minimum absolute atomic E-state index is 0.170. The summed E-state index contributed by atoms with van der Waals surface area (Å²) in [4.78, 5) is 11.8. The van der Waals surface area contributed by atoms with Crippen LogP contribution in [0.1, 0.15) is 12.0 Å². The van der Waals surface area contributed by atoms with Crippen LogP contribution in [0.25, 0.3) is 0 Å². The summed E-state index contributed by atoms with van der Waals surface area (Å²) in [6.45, 7) is 0.605. The maximum atomic E-state index is 13.4. The first-order valence-corrected chi connectivity index (χ1v) is 7.17. The zero-order chi connectivity index (χ0) is 16.7. The van der Waals surface area contributed by atoms with Crippen LogP contribution in [0, 0.1) is 11.6 Å². The average Bonchev–Trinajstić information content (AvgIpc) is 2.55. The average molecular weight is 320 g/mol. The molecule has 0 aromatic heterocycles. The highest BCUT2D eigenvalue weighted by Crippen LogP contribution is 2.17. The third-order valence-electron chi connectivity index (χ3n) is 3.27. The Balaban J connectivity index is 1.77. The van der Waals surface area contributed by atoms with Crippen molar-refractivity contribution in [2.75, 3.05) is 19.0 Å². The minimum atomic E-state index is -0.681. The molecule has 0 saturated heterocycles. The maximum absolute atomic E-state index is 13.4. The number of rotatable bonds is 7. The number of halogens is 2. The summed E-state index contributed by atoms with van der Waals surface area (Å²) in [5.41, 5.74) is 1.05. The Morgan fingerprint density at radius 3 is 2.70 bits per heavy atom. The van der Waals surface area contributed by atoms with Crippen LogP contribution in [0.3, 0.4) is 0 Å². The predicted molar refractivity (Wildman–Crippen MR) is 84.3 cm³/mol. The molecule has 0 unspecified atom stereocenters. The summed E-state index contributed by atoms with van der Waals surface area (Å²) < 4.78 is 31.4. The van der Waals surface area contributed by atoms with Crippen LogP contribution in [0.2, 0.25) is 0 Å². The number of amides is 1. The van der Waals surface area contributed by atoms with Gasteiger partial charge in [-0.3, -0.25) is 4.79 Å². The molecule has 2 aromatic carbocycles. The van der Waals surface area contributed by atoms with Gasteiger partial charge in [0.1, 0.15) is 17.4 Å². The van der Waals surface area contributed by atoms with Crippen molar-refractivity contribution >= 4 is 11.6 Å². The molecule has 23 heavy (non-hydrogen) atoms. The number of para-hydroxylation sites is 1. The van der Waals surface area contributed by atoms with Gasteiger partial charge < -0.3 is 15.4 Å². The number of carbonyl (C=O) groups is 1. The smallest absolute Gasteiger partial charge is 0.222 e. The fraction of sp³-hybridized carbons (Fsp3) is 0.235. The number of ether oxygens (including phenoxy) is 1. The number of anilines is 1. The minimum Gasteiger partial charge on any atom is -0.496 e. The second-order valence-electron chi connectivity index (χ2n) is 4.89. The van der Waals surface area contributed by atoms with Gasteiger partial charge in [-0.05, 0) is 18.2 Å². The second kappa shape index (κ2) is 8.12. The van der Waals surface area contributed by atoms with Crippen LogP contribution >= 0.6 is 0 Å². The summed E-state index contributed by atoms with van der Waals surface area (Å²) in [7, 11) is 1.57. The number of hydrogen-bond donors (Lipinski definition) is 2. The summed E-state index contributed by atoms with van der Waals surface area (Å²) >= 11 is 0. The number of carbonyl (C=O) groups excluding carboxylic acids is 1. The molecule has 0 bridgehead atoms. The van der Waals surface area contributed by atoms with E-state index in [0.717, 1.165) is 17.7 Å². The molecular weight excluding hydrogens is 302 g/mol. The molecule has 4 nitrogen and oxygen atoms in total. The normalized spacial score (nSPS) is 10.2. The van der Waals surface area contributed by atoms with E-state index in [1.807, 2.05) is 24.3 Å². The lowest BCUT2D eigenvalue weighted by atomic mass is 10.2. The molecule has 0 atom stereocenters. The molecule has 1 amide bonds. The zero-order valence-electron chi connectivity index (χ0n) is 12.7. The van der Waals surface area contributed by atoms with Crippen molar-refractivity contribution in [2.45, 2.75) is 13.0 Å². The number of hydrogen-bond acceptors (Lipinski definition) is 3. The van der Waals surface area contributed by atoms with Crippen LogP contribution in [-0.2, 0) is 11.3 Å². The van der Waals surface area contributed by atoms with E-state index in [1.54, 1.807) is 7.11 Å². The SMILES string of the molecule is COc1ccccc1CNC(=O)CCNc1ccc(F)cc1F. The lowest BCUT2D eigenvalue weighted by Gasteiger charge is -2.10. The first-order chi connectivity index (χ1) is 11.1. The van der Waals surface area contributed by atoms with Crippen molar-refractivity contribution in [3.63, 3.8) is 0 Å². The lowest BCUT2D eigenvalue weighted by molar-refractivity contribution is -0.121. The first kappa shape index (κ1) is 16.7. The molecule has 0 aliphatic rings. The Morgan fingerprint density at radius 1 is 1.17 bits per heavy atom. The number of benzene rings is 2. The highest BCUT2D eigenvalue weighted by Gasteiger charge is 2.06. The molecule has 0 fully saturated rings. The van der Waals surface area contributed by atoms with Gasteiger partial charge in [0, 0.05) is 31.1 Å². The van der Waals surface area contributed by atoms with Gasteiger partial charge in [-0.2, -0.15) is 0 Å². The molecule has 0 spiro atoms. The Bertz CT molecular complexity index is 677. The van der Waals surface area contributed by atoms with Gasteiger partial charge in [-0.25, -0.2) is 8.78 Å². The van der Waals surface area contributed by atoms with Gasteiger partial charge in [-0.15, -0.1) is 0 Å². The third-order valence-corrected chi connectivity index (χ3v) is 3.27. The fourth-order valence-corrected chi connectivity index (χ4v) is 2.07. The van der Waals surface area contributed by atoms with Gasteiger partial charge in [-0.1, -0.05) is 18.2 Å². The molecule has 2 N–H and O–H groups in total. The molecule has 0 radical (unpaired) electrons. The van der Waals surface area contributed by atoms with E-state index < -0.39 is 11.6 Å². The number of nitrogens with one attached hydrogen (secondary N) is 2. The van der Waals surface area contributed by atoms with Crippen LogP contribution in [-0.4, -0.2) is 19.6 Å².